The first-order chi connectivity index (χ1) is 14.3. The number of rotatable bonds is 6. The molecule has 0 amide bonds. The summed E-state index contributed by atoms with van der Waals surface area (Å²) in [4.78, 5) is 25.2. The Morgan fingerprint density at radius 2 is 1.83 bits per heavy atom. The smallest absolute Gasteiger partial charge is 0.462 e. The van der Waals surface area contributed by atoms with E-state index in [-0.39, 0.29) is 17.7 Å². The van der Waals surface area contributed by atoms with E-state index in [1.165, 1.54) is 18.3 Å². The van der Waals surface area contributed by atoms with Crippen LogP contribution < -0.4 is 10.2 Å². The van der Waals surface area contributed by atoms with E-state index < -0.39 is 23.5 Å². The Hall–Kier alpha value is -2.81. The number of ether oxygens (including phenoxy) is 3. The van der Waals surface area contributed by atoms with E-state index in [4.69, 9.17) is 9.47 Å². The van der Waals surface area contributed by atoms with E-state index in [1.54, 1.807) is 17.7 Å². The van der Waals surface area contributed by atoms with Crippen LogP contribution in [0, 0.1) is 5.92 Å². The molecule has 0 unspecified atom stereocenters. The molecule has 0 N–H and O–H groups in total. The third kappa shape index (κ3) is 5.63. The van der Waals surface area contributed by atoms with Crippen molar-refractivity contribution in [2.45, 2.75) is 32.7 Å². The van der Waals surface area contributed by atoms with Gasteiger partial charge in [-0.1, -0.05) is 12.1 Å². The molecule has 1 aromatic heterocycles. The lowest BCUT2D eigenvalue weighted by Gasteiger charge is -2.23. The van der Waals surface area contributed by atoms with Crippen LogP contribution >= 0.6 is 0 Å². The highest BCUT2D eigenvalue weighted by Gasteiger charge is 2.31. The van der Waals surface area contributed by atoms with Gasteiger partial charge in [0.1, 0.15) is 11.3 Å². The lowest BCUT2D eigenvalue weighted by atomic mass is 9.99. The summed E-state index contributed by atoms with van der Waals surface area (Å²) in [6.45, 7) is 3.65. The van der Waals surface area contributed by atoms with Crippen molar-refractivity contribution in [1.29, 1.82) is 0 Å². The number of hydrogen-bond donors (Lipinski definition) is 0. The summed E-state index contributed by atoms with van der Waals surface area (Å²) in [6, 6.07) is 4.96. The molecule has 0 aliphatic carbocycles. The molecule has 1 aliphatic heterocycles. The van der Waals surface area contributed by atoms with Crippen molar-refractivity contribution in [3.05, 3.63) is 52.4 Å². The second kappa shape index (κ2) is 9.34. The molecule has 1 aliphatic rings. The predicted molar refractivity (Wildman–Crippen MR) is 102 cm³/mol. The molecule has 1 fully saturated rings. The van der Waals surface area contributed by atoms with Crippen LogP contribution in [0.1, 0.15) is 30.1 Å². The lowest BCUT2D eigenvalue weighted by molar-refractivity contribution is -0.274. The molecule has 0 bridgehead atoms. The first-order valence-electron chi connectivity index (χ1n) is 9.62. The fraction of sp³-hybridized carbons (Fsp3) is 0.429. The monoisotopic (exact) mass is 425 g/mol. The Labute approximate surface area is 171 Å². The summed E-state index contributed by atoms with van der Waals surface area (Å²) in [5.41, 5.74) is -0.0780. The molecule has 162 valence electrons. The molecule has 9 heteroatoms. The minimum atomic E-state index is -4.80. The van der Waals surface area contributed by atoms with Gasteiger partial charge in [0.25, 0.3) is 0 Å². The number of carbonyl (C=O) groups is 1. The lowest BCUT2D eigenvalue weighted by Crippen LogP contribution is -2.25. The fourth-order valence-electron chi connectivity index (χ4n) is 3.36. The molecule has 1 aromatic carbocycles. The number of halogens is 3. The van der Waals surface area contributed by atoms with Gasteiger partial charge in [-0.25, -0.2) is 4.79 Å². The molecule has 0 spiro atoms. The molecule has 0 radical (unpaired) electrons. The van der Waals surface area contributed by atoms with Crippen LogP contribution in [-0.4, -0.2) is 36.7 Å². The van der Waals surface area contributed by atoms with Gasteiger partial charge in [0.15, 0.2) is 0 Å². The Morgan fingerprint density at radius 3 is 2.43 bits per heavy atom. The van der Waals surface area contributed by atoms with Gasteiger partial charge in [0, 0.05) is 37.7 Å². The normalized spacial score (nSPS) is 15.1. The van der Waals surface area contributed by atoms with Gasteiger partial charge in [-0.2, -0.15) is 0 Å². The van der Waals surface area contributed by atoms with Gasteiger partial charge >= 0.3 is 12.3 Å². The zero-order chi connectivity index (χ0) is 21.7. The molecule has 30 heavy (non-hydrogen) atoms. The molecule has 0 saturated carbocycles. The fourth-order valence-corrected chi connectivity index (χ4v) is 3.36. The SMILES string of the molecule is CCOC(=O)c1cn(CC2CCOCC2)cc(-c2ccc(OC(F)(F)F)cc2)c1=O. The van der Waals surface area contributed by atoms with E-state index in [2.05, 4.69) is 4.74 Å². The van der Waals surface area contributed by atoms with E-state index >= 15 is 0 Å². The Bertz CT molecular complexity index is 931. The largest absolute Gasteiger partial charge is 0.573 e. The van der Waals surface area contributed by atoms with Crippen molar-refractivity contribution in [3.8, 4) is 16.9 Å². The third-order valence-electron chi connectivity index (χ3n) is 4.78. The number of benzene rings is 1. The highest BCUT2D eigenvalue weighted by molar-refractivity contribution is 5.90. The summed E-state index contributed by atoms with van der Waals surface area (Å²) in [5, 5.41) is 0. The number of esters is 1. The summed E-state index contributed by atoms with van der Waals surface area (Å²) in [7, 11) is 0. The summed E-state index contributed by atoms with van der Waals surface area (Å²) >= 11 is 0. The minimum absolute atomic E-state index is 0.114. The van der Waals surface area contributed by atoms with E-state index in [1.807, 2.05) is 0 Å². The van der Waals surface area contributed by atoms with Gasteiger partial charge < -0.3 is 18.8 Å². The topological polar surface area (TPSA) is 66.8 Å². The second-order valence-electron chi connectivity index (χ2n) is 6.96. The van der Waals surface area contributed by atoms with Crippen molar-refractivity contribution in [1.82, 2.24) is 4.57 Å². The maximum Gasteiger partial charge on any atom is 0.573 e. The van der Waals surface area contributed by atoms with Gasteiger partial charge in [-0.3, -0.25) is 4.79 Å². The number of alkyl halides is 3. The summed E-state index contributed by atoms with van der Waals surface area (Å²) < 4.78 is 53.1. The van der Waals surface area contributed by atoms with Gasteiger partial charge in [-0.05, 0) is 43.4 Å². The molecule has 1 saturated heterocycles. The first kappa shape index (κ1) is 21.9. The zero-order valence-electron chi connectivity index (χ0n) is 16.4. The van der Waals surface area contributed by atoms with E-state index in [9.17, 15) is 22.8 Å². The Balaban J connectivity index is 1.97. The second-order valence-corrected chi connectivity index (χ2v) is 6.96. The number of aromatic nitrogens is 1. The van der Waals surface area contributed by atoms with Crippen LogP contribution in [0.2, 0.25) is 0 Å². The van der Waals surface area contributed by atoms with Crippen LogP contribution in [0.15, 0.2) is 41.5 Å². The van der Waals surface area contributed by atoms with Crippen molar-refractivity contribution in [2.75, 3.05) is 19.8 Å². The molecular weight excluding hydrogens is 403 g/mol. The minimum Gasteiger partial charge on any atom is -0.462 e. The average molecular weight is 425 g/mol. The first-order valence-corrected chi connectivity index (χ1v) is 9.62. The molecule has 2 heterocycles. The molecular formula is C21H22F3NO5. The maximum absolute atomic E-state index is 12.9. The summed E-state index contributed by atoms with van der Waals surface area (Å²) in [5.74, 6) is -0.802. The number of pyridine rings is 1. The highest BCUT2D eigenvalue weighted by Crippen LogP contribution is 2.26. The van der Waals surface area contributed by atoms with Crippen LogP contribution in [0.25, 0.3) is 11.1 Å². The van der Waals surface area contributed by atoms with Crippen molar-refractivity contribution in [3.63, 3.8) is 0 Å². The van der Waals surface area contributed by atoms with Crippen LogP contribution in [0.5, 0.6) is 5.75 Å². The number of nitrogens with zero attached hydrogens (tertiary/aromatic N) is 1. The molecule has 2 aromatic rings. The van der Waals surface area contributed by atoms with E-state index in [0.717, 1.165) is 25.0 Å². The van der Waals surface area contributed by atoms with Crippen molar-refractivity contribution in [2.24, 2.45) is 5.92 Å². The van der Waals surface area contributed by atoms with Crippen molar-refractivity contribution >= 4 is 5.97 Å². The molecule has 3 rings (SSSR count). The van der Waals surface area contributed by atoms with Crippen LogP contribution in [0.3, 0.4) is 0 Å². The number of carbonyl (C=O) groups excluding carboxylic acids is 1. The quantitative estimate of drug-likeness (QED) is 0.654. The standard InChI is InChI=1S/C21H22F3NO5/c1-2-29-20(27)18-13-25(11-14-7-9-28-10-8-14)12-17(19(18)26)15-3-5-16(6-4-15)30-21(22,23)24/h3-6,12-14H,2,7-11H2,1H3. The Morgan fingerprint density at radius 1 is 1.17 bits per heavy atom. The van der Waals surface area contributed by atoms with E-state index in [0.29, 0.717) is 31.2 Å². The zero-order valence-corrected chi connectivity index (χ0v) is 16.4. The average Bonchev–Trinajstić information content (AvgIpc) is 2.69. The highest BCUT2D eigenvalue weighted by atomic mass is 19.4. The van der Waals surface area contributed by atoms with Crippen LogP contribution in [-0.2, 0) is 16.0 Å². The number of hydrogen-bond acceptors (Lipinski definition) is 5. The molecule has 0 atom stereocenters. The summed E-state index contributed by atoms with van der Waals surface area (Å²) in [6.07, 6.45) is 0.00168. The molecule has 6 nitrogen and oxygen atoms in total. The van der Waals surface area contributed by atoms with Crippen molar-refractivity contribution < 1.29 is 32.2 Å². The predicted octanol–water partition coefficient (Wildman–Crippen LogP) is 4.02. The van der Waals surface area contributed by atoms with Gasteiger partial charge in [0.2, 0.25) is 5.43 Å². The Kier molecular flexibility index (Phi) is 6.81. The van der Waals surface area contributed by atoms with Gasteiger partial charge in [-0.15, -0.1) is 13.2 Å². The van der Waals surface area contributed by atoms with Gasteiger partial charge in [0.05, 0.1) is 6.61 Å². The van der Waals surface area contributed by atoms with Crippen LogP contribution in [0.4, 0.5) is 13.2 Å². The third-order valence-corrected chi connectivity index (χ3v) is 4.78. The maximum atomic E-state index is 12.9.